The van der Waals surface area contributed by atoms with Gasteiger partial charge in [-0.3, -0.25) is 0 Å². The van der Waals surface area contributed by atoms with Crippen molar-refractivity contribution in [2.24, 2.45) is 0 Å². The van der Waals surface area contributed by atoms with Gasteiger partial charge in [-0.25, -0.2) is 0 Å². The average molecular weight is 245 g/mol. The Kier molecular flexibility index (Phi) is 17700. The largest absolute Gasteiger partial charge is 3.00 e. The molecule has 0 aliphatic carbocycles. The van der Waals surface area contributed by atoms with Crippen LogP contribution in [-0.2, 0) is 36.3 Å². The number of hydrogen-bond donors (Lipinski definition) is 0. The second kappa shape index (κ2) is 282. The molecule has 7 heteroatoms. The van der Waals surface area contributed by atoms with Crippen LogP contribution in [0.3, 0.4) is 0 Å². The molecule has 0 unspecified atom stereocenters. The third kappa shape index (κ3) is 195. The Balaban J connectivity index is 0. The van der Waals surface area contributed by atoms with E-state index < -0.39 is 0 Å². The number of rotatable bonds is 0. The summed E-state index contributed by atoms with van der Waals surface area (Å²) in [6.45, 7) is 0. The SMILES string of the molecule is [Co+2].[OH-].[OH-].[OH-].[OH-].[OH-].[Ru+3]. The van der Waals surface area contributed by atoms with E-state index in [1.54, 1.807) is 0 Å². The molecule has 0 spiro atoms. The van der Waals surface area contributed by atoms with Crippen LogP contribution in [0.4, 0.5) is 0 Å². The van der Waals surface area contributed by atoms with Crippen LogP contribution < -0.4 is 0 Å². The molecule has 52 valence electrons. The maximum atomic E-state index is 0. The molecule has 0 aliphatic rings. The predicted molar refractivity (Wildman–Crippen MR) is 9.68 cm³/mol. The van der Waals surface area contributed by atoms with Crippen molar-refractivity contribution in [2.75, 3.05) is 0 Å². The zero-order valence-corrected chi connectivity index (χ0v) is 5.70. The molecule has 0 fully saturated rings. The van der Waals surface area contributed by atoms with E-state index in [1.807, 2.05) is 0 Å². The average Bonchev–Trinajstić information content (AvgIpc) is 0. The summed E-state index contributed by atoms with van der Waals surface area (Å²) in [5.41, 5.74) is 0. The van der Waals surface area contributed by atoms with Gasteiger partial charge in [-0.1, -0.05) is 0 Å². The Hall–Kier alpha value is 0.930. The first-order valence-electron chi connectivity index (χ1n) is 0. The van der Waals surface area contributed by atoms with Crippen LogP contribution >= 0.6 is 0 Å². The van der Waals surface area contributed by atoms with Gasteiger partial charge in [0.05, 0.1) is 0 Å². The van der Waals surface area contributed by atoms with Crippen LogP contribution in [0.2, 0.25) is 0 Å². The molecule has 5 nitrogen and oxygen atoms in total. The predicted octanol–water partition coefficient (Wildman–Crippen LogP) is -0.889. The minimum absolute atomic E-state index is 0. The molecule has 0 atom stereocenters. The maximum Gasteiger partial charge on any atom is 3.00 e. The molecular formula is H5CoO5Ru. The molecule has 0 amide bonds. The van der Waals surface area contributed by atoms with Gasteiger partial charge in [-0.15, -0.1) is 0 Å². The van der Waals surface area contributed by atoms with Crippen LogP contribution in [0.25, 0.3) is 0 Å². The summed E-state index contributed by atoms with van der Waals surface area (Å²) in [4.78, 5) is 0. The van der Waals surface area contributed by atoms with Gasteiger partial charge in [0.25, 0.3) is 0 Å². The minimum Gasteiger partial charge on any atom is -0.870 e. The summed E-state index contributed by atoms with van der Waals surface area (Å²) >= 11 is 0. The van der Waals surface area contributed by atoms with E-state index in [-0.39, 0.29) is 63.6 Å². The molecule has 0 saturated heterocycles. The smallest absolute Gasteiger partial charge is 0.870 e. The van der Waals surface area contributed by atoms with Crippen LogP contribution in [0.1, 0.15) is 0 Å². The summed E-state index contributed by atoms with van der Waals surface area (Å²) in [5.74, 6) is 0. The van der Waals surface area contributed by atoms with Crippen LogP contribution in [0.15, 0.2) is 0 Å². The van der Waals surface area contributed by atoms with Crippen molar-refractivity contribution in [1.29, 1.82) is 0 Å². The van der Waals surface area contributed by atoms with Gasteiger partial charge in [0.2, 0.25) is 0 Å². The zero-order chi connectivity index (χ0) is 0. The van der Waals surface area contributed by atoms with E-state index in [2.05, 4.69) is 0 Å². The second-order valence-electron chi connectivity index (χ2n) is 0. The maximum absolute atomic E-state index is 0. The van der Waals surface area contributed by atoms with Gasteiger partial charge in [-0.05, 0) is 0 Å². The van der Waals surface area contributed by atoms with Gasteiger partial charge in [0, 0.05) is 0 Å². The monoisotopic (exact) mass is 246 g/mol. The molecule has 2 radical (unpaired) electrons. The van der Waals surface area contributed by atoms with Crippen molar-refractivity contribution in [2.45, 2.75) is 0 Å². The molecule has 0 aromatic rings. The van der Waals surface area contributed by atoms with Crippen molar-refractivity contribution < 1.29 is 63.6 Å². The van der Waals surface area contributed by atoms with Gasteiger partial charge in [-0.2, -0.15) is 0 Å². The van der Waals surface area contributed by atoms with E-state index in [0.717, 1.165) is 0 Å². The second-order valence-corrected chi connectivity index (χ2v) is 0. The Morgan fingerprint density at radius 1 is 0.429 bits per heavy atom. The standard InChI is InChI=1S/Co.5H2O.Ru/h;5*1H2;/q+2;;;;;;+3/p-5. The molecular weight excluding hydrogens is 240 g/mol. The normalized spacial score (nSPS) is 0. The summed E-state index contributed by atoms with van der Waals surface area (Å²) in [6, 6.07) is 0. The fraction of sp³-hybridized carbons (Fsp3) is 0. The Morgan fingerprint density at radius 3 is 0.429 bits per heavy atom. The van der Waals surface area contributed by atoms with E-state index in [1.165, 1.54) is 0 Å². The molecule has 0 aliphatic heterocycles. The van der Waals surface area contributed by atoms with E-state index >= 15 is 0 Å². The first-order chi connectivity index (χ1) is 0. The molecule has 0 bridgehead atoms. The fourth-order valence-electron chi connectivity index (χ4n) is 0. The van der Waals surface area contributed by atoms with Crippen LogP contribution in [0, 0.1) is 0 Å². The summed E-state index contributed by atoms with van der Waals surface area (Å²) in [7, 11) is 0. The van der Waals surface area contributed by atoms with Crippen molar-refractivity contribution in [3.8, 4) is 0 Å². The van der Waals surface area contributed by atoms with Crippen molar-refractivity contribution in [3.05, 3.63) is 0 Å². The first kappa shape index (κ1) is 440. The zero-order valence-electron chi connectivity index (χ0n) is 2.92. The fourth-order valence-corrected chi connectivity index (χ4v) is 0. The molecule has 0 rings (SSSR count). The van der Waals surface area contributed by atoms with Gasteiger partial charge >= 0.3 is 36.3 Å². The Labute approximate surface area is 64.0 Å². The van der Waals surface area contributed by atoms with Gasteiger partial charge in [0.15, 0.2) is 0 Å². The molecule has 0 aromatic heterocycles. The van der Waals surface area contributed by atoms with E-state index in [0.29, 0.717) is 0 Å². The molecule has 0 heterocycles. The Morgan fingerprint density at radius 2 is 0.429 bits per heavy atom. The number of hydrogen-bond acceptors (Lipinski definition) is 5. The van der Waals surface area contributed by atoms with Gasteiger partial charge in [0.1, 0.15) is 0 Å². The Bertz CT molecular complexity index is 8.04. The third-order valence-corrected chi connectivity index (χ3v) is 0. The summed E-state index contributed by atoms with van der Waals surface area (Å²) < 4.78 is 0. The van der Waals surface area contributed by atoms with E-state index in [9.17, 15) is 0 Å². The quantitative estimate of drug-likeness (QED) is 0.507. The van der Waals surface area contributed by atoms with Crippen LogP contribution in [0.5, 0.6) is 0 Å². The molecule has 7 heavy (non-hydrogen) atoms. The van der Waals surface area contributed by atoms with Crippen molar-refractivity contribution in [1.82, 2.24) is 0 Å². The van der Waals surface area contributed by atoms with Gasteiger partial charge < -0.3 is 27.4 Å². The molecule has 5 N–H and O–H groups in total. The third-order valence-electron chi connectivity index (χ3n) is 0. The first-order valence-corrected chi connectivity index (χ1v) is 0. The van der Waals surface area contributed by atoms with Crippen LogP contribution in [-0.4, -0.2) is 27.4 Å². The topological polar surface area (TPSA) is 150 Å². The van der Waals surface area contributed by atoms with Crippen molar-refractivity contribution in [3.63, 3.8) is 0 Å². The van der Waals surface area contributed by atoms with E-state index in [4.69, 9.17) is 0 Å². The van der Waals surface area contributed by atoms with Crippen molar-refractivity contribution >= 4 is 0 Å². The summed E-state index contributed by atoms with van der Waals surface area (Å²) in [5, 5.41) is 0. The summed E-state index contributed by atoms with van der Waals surface area (Å²) in [6.07, 6.45) is 0. The molecule has 0 aromatic carbocycles. The minimum atomic E-state index is 0. The molecule has 0 saturated carbocycles.